The van der Waals surface area contributed by atoms with Crippen molar-refractivity contribution in [2.24, 2.45) is 7.05 Å². The maximum atomic E-state index is 6.01. The Labute approximate surface area is 125 Å². The maximum absolute atomic E-state index is 6.01. The number of aromatic nitrogens is 4. The van der Waals surface area contributed by atoms with Crippen LogP contribution in [0.5, 0.6) is 0 Å². The standard InChI is InChI=1S/C15H24N6/c1-9-12(16)18-14(15(3,4)5)19-13(9)17-7-11-8-21(6)20-10(11)2/h8H,7H2,1-6H3,(H3,16,17,18,19). The molecule has 6 heteroatoms. The molecule has 0 aromatic carbocycles. The Balaban J connectivity index is 2.27. The predicted molar refractivity (Wildman–Crippen MR) is 85.2 cm³/mol. The van der Waals surface area contributed by atoms with Gasteiger partial charge in [-0.05, 0) is 13.8 Å². The Morgan fingerprint density at radius 2 is 1.90 bits per heavy atom. The van der Waals surface area contributed by atoms with Crippen molar-refractivity contribution < 1.29 is 0 Å². The Bertz CT molecular complexity index is 651. The van der Waals surface area contributed by atoms with E-state index in [1.165, 1.54) is 0 Å². The topological polar surface area (TPSA) is 81.7 Å². The molecule has 3 N–H and O–H groups in total. The summed E-state index contributed by atoms with van der Waals surface area (Å²) in [6.45, 7) is 10.8. The van der Waals surface area contributed by atoms with Gasteiger partial charge in [0.25, 0.3) is 0 Å². The van der Waals surface area contributed by atoms with Gasteiger partial charge in [-0.15, -0.1) is 0 Å². The first-order chi connectivity index (χ1) is 9.68. The summed E-state index contributed by atoms with van der Waals surface area (Å²) in [6.07, 6.45) is 2.01. The summed E-state index contributed by atoms with van der Waals surface area (Å²) in [5.74, 6) is 2.06. The highest BCUT2D eigenvalue weighted by Gasteiger charge is 2.20. The average molecular weight is 288 g/mol. The van der Waals surface area contributed by atoms with Crippen molar-refractivity contribution in [3.63, 3.8) is 0 Å². The molecule has 0 aliphatic heterocycles. The van der Waals surface area contributed by atoms with Gasteiger partial charge in [-0.2, -0.15) is 5.10 Å². The summed E-state index contributed by atoms with van der Waals surface area (Å²) in [5.41, 5.74) is 8.92. The van der Waals surface area contributed by atoms with Crippen molar-refractivity contribution in [3.8, 4) is 0 Å². The number of nitrogens with one attached hydrogen (secondary N) is 1. The molecule has 21 heavy (non-hydrogen) atoms. The molecule has 2 heterocycles. The fourth-order valence-electron chi connectivity index (χ4n) is 2.04. The highest BCUT2D eigenvalue weighted by atomic mass is 15.3. The molecule has 6 nitrogen and oxygen atoms in total. The molecule has 0 fully saturated rings. The summed E-state index contributed by atoms with van der Waals surface area (Å²) in [7, 11) is 1.92. The highest BCUT2D eigenvalue weighted by Crippen LogP contribution is 2.25. The largest absolute Gasteiger partial charge is 0.383 e. The number of nitrogens with two attached hydrogens (primary N) is 1. The quantitative estimate of drug-likeness (QED) is 0.905. The third-order valence-electron chi connectivity index (χ3n) is 3.42. The monoisotopic (exact) mass is 288 g/mol. The lowest BCUT2D eigenvalue weighted by Crippen LogP contribution is -2.19. The Hall–Kier alpha value is -2.11. The fraction of sp³-hybridized carbons (Fsp3) is 0.533. The van der Waals surface area contributed by atoms with Crippen LogP contribution in [0.15, 0.2) is 6.20 Å². The van der Waals surface area contributed by atoms with Gasteiger partial charge in [-0.25, -0.2) is 9.97 Å². The second kappa shape index (κ2) is 5.35. The third kappa shape index (κ3) is 3.32. The van der Waals surface area contributed by atoms with E-state index in [9.17, 15) is 0 Å². The molecule has 0 saturated carbocycles. The van der Waals surface area contributed by atoms with Gasteiger partial charge in [-0.1, -0.05) is 20.8 Å². The van der Waals surface area contributed by atoms with Crippen molar-refractivity contribution in [2.45, 2.75) is 46.6 Å². The van der Waals surface area contributed by atoms with E-state index in [1.807, 2.05) is 31.8 Å². The lowest BCUT2D eigenvalue weighted by Gasteiger charge is -2.19. The van der Waals surface area contributed by atoms with Gasteiger partial charge in [0, 0.05) is 36.3 Å². The van der Waals surface area contributed by atoms with Crippen molar-refractivity contribution >= 4 is 11.6 Å². The van der Waals surface area contributed by atoms with E-state index in [-0.39, 0.29) is 5.41 Å². The molecule has 2 aromatic heterocycles. The van der Waals surface area contributed by atoms with Gasteiger partial charge < -0.3 is 11.1 Å². The first-order valence-corrected chi connectivity index (χ1v) is 7.06. The number of anilines is 2. The van der Waals surface area contributed by atoms with Gasteiger partial charge in [-0.3, -0.25) is 4.68 Å². The van der Waals surface area contributed by atoms with Crippen molar-refractivity contribution in [3.05, 3.63) is 28.8 Å². The van der Waals surface area contributed by atoms with Crippen LogP contribution in [0.2, 0.25) is 0 Å². The summed E-state index contributed by atoms with van der Waals surface area (Å²) < 4.78 is 1.81. The van der Waals surface area contributed by atoms with E-state index < -0.39 is 0 Å². The fourth-order valence-corrected chi connectivity index (χ4v) is 2.04. The molecule has 114 valence electrons. The summed E-state index contributed by atoms with van der Waals surface area (Å²) in [4.78, 5) is 9.02. The van der Waals surface area contributed by atoms with E-state index >= 15 is 0 Å². The molecule has 0 radical (unpaired) electrons. The zero-order valence-corrected chi connectivity index (χ0v) is 13.7. The van der Waals surface area contributed by atoms with Crippen LogP contribution in [0.25, 0.3) is 0 Å². The van der Waals surface area contributed by atoms with E-state index in [1.54, 1.807) is 0 Å². The summed E-state index contributed by atoms with van der Waals surface area (Å²) in [6, 6.07) is 0. The van der Waals surface area contributed by atoms with Crippen molar-refractivity contribution in [1.82, 2.24) is 19.7 Å². The second-order valence-corrected chi connectivity index (χ2v) is 6.42. The molecular weight excluding hydrogens is 264 g/mol. The van der Waals surface area contributed by atoms with Crippen LogP contribution in [-0.2, 0) is 19.0 Å². The Kier molecular flexibility index (Phi) is 3.89. The minimum absolute atomic E-state index is 0.136. The second-order valence-electron chi connectivity index (χ2n) is 6.42. The van der Waals surface area contributed by atoms with Crippen LogP contribution in [0.1, 0.15) is 43.4 Å². The number of nitrogens with zero attached hydrogens (tertiary/aromatic N) is 4. The number of hydrogen-bond acceptors (Lipinski definition) is 5. The minimum Gasteiger partial charge on any atom is -0.383 e. The molecule has 0 aliphatic carbocycles. The van der Waals surface area contributed by atoms with Crippen molar-refractivity contribution in [2.75, 3.05) is 11.1 Å². The van der Waals surface area contributed by atoms with E-state index in [2.05, 4.69) is 41.2 Å². The van der Waals surface area contributed by atoms with Crippen LogP contribution in [0, 0.1) is 13.8 Å². The van der Waals surface area contributed by atoms with E-state index in [0.717, 1.165) is 28.5 Å². The van der Waals surface area contributed by atoms with E-state index in [0.29, 0.717) is 12.4 Å². The van der Waals surface area contributed by atoms with Gasteiger partial charge in [0.1, 0.15) is 17.5 Å². The molecule has 0 atom stereocenters. The third-order valence-corrected chi connectivity index (χ3v) is 3.42. The molecule has 0 spiro atoms. The average Bonchev–Trinajstić information content (AvgIpc) is 2.68. The Morgan fingerprint density at radius 3 is 2.43 bits per heavy atom. The lowest BCUT2D eigenvalue weighted by molar-refractivity contribution is 0.546. The molecule has 2 aromatic rings. The molecule has 0 amide bonds. The first-order valence-electron chi connectivity index (χ1n) is 7.06. The van der Waals surface area contributed by atoms with Gasteiger partial charge >= 0.3 is 0 Å². The molecular formula is C15H24N6. The Morgan fingerprint density at radius 1 is 1.24 bits per heavy atom. The lowest BCUT2D eigenvalue weighted by atomic mass is 9.95. The zero-order chi connectivity index (χ0) is 15.8. The SMILES string of the molecule is Cc1nn(C)cc1CNc1nc(C(C)(C)C)nc(N)c1C. The highest BCUT2D eigenvalue weighted by molar-refractivity contribution is 5.55. The first kappa shape index (κ1) is 15.3. The molecule has 2 rings (SSSR count). The summed E-state index contributed by atoms with van der Waals surface area (Å²) >= 11 is 0. The minimum atomic E-state index is -0.136. The van der Waals surface area contributed by atoms with Gasteiger partial charge in [0.05, 0.1) is 5.69 Å². The molecule has 0 saturated heterocycles. The van der Waals surface area contributed by atoms with Crippen LogP contribution in [0.4, 0.5) is 11.6 Å². The number of rotatable bonds is 3. The van der Waals surface area contributed by atoms with Crippen molar-refractivity contribution in [1.29, 1.82) is 0 Å². The zero-order valence-electron chi connectivity index (χ0n) is 13.7. The van der Waals surface area contributed by atoms with Crippen LogP contribution in [-0.4, -0.2) is 19.7 Å². The maximum Gasteiger partial charge on any atom is 0.138 e. The normalized spacial score (nSPS) is 11.7. The molecule has 0 bridgehead atoms. The predicted octanol–water partition coefficient (Wildman–Crippen LogP) is 2.32. The van der Waals surface area contributed by atoms with Crippen LogP contribution in [0.3, 0.4) is 0 Å². The molecule has 0 aliphatic rings. The number of nitrogen functional groups attached to an aromatic ring is 1. The smallest absolute Gasteiger partial charge is 0.138 e. The van der Waals surface area contributed by atoms with Crippen LogP contribution < -0.4 is 11.1 Å². The molecule has 0 unspecified atom stereocenters. The van der Waals surface area contributed by atoms with E-state index in [4.69, 9.17) is 5.73 Å². The number of aryl methyl sites for hydroxylation is 2. The number of hydrogen-bond donors (Lipinski definition) is 2. The van der Waals surface area contributed by atoms with Gasteiger partial charge in [0.2, 0.25) is 0 Å². The van der Waals surface area contributed by atoms with Gasteiger partial charge in [0.15, 0.2) is 0 Å². The van der Waals surface area contributed by atoms with Crippen LogP contribution >= 0.6 is 0 Å². The summed E-state index contributed by atoms with van der Waals surface area (Å²) in [5, 5.41) is 7.69.